The number of nitro groups is 1. The molecule has 1 aliphatic heterocycles. The lowest BCUT2D eigenvalue weighted by Gasteiger charge is -2.21. The van der Waals surface area contributed by atoms with Crippen molar-refractivity contribution >= 4 is 5.82 Å². The van der Waals surface area contributed by atoms with E-state index in [2.05, 4.69) is 16.8 Å². The SMILES string of the molecule is O=[N+]([O-])c1cn2c(n1)OC[C@@H](OCC#Cc1ccc(-c3ccc(F)cc3)cc1)C2. The van der Waals surface area contributed by atoms with E-state index in [0.29, 0.717) is 6.54 Å². The van der Waals surface area contributed by atoms with E-state index in [1.807, 2.05) is 24.3 Å². The largest absolute Gasteiger partial charge is 0.443 e. The molecule has 0 N–H and O–H groups in total. The molecule has 8 heteroatoms. The van der Waals surface area contributed by atoms with E-state index >= 15 is 0 Å². The Hall–Kier alpha value is -3.70. The summed E-state index contributed by atoms with van der Waals surface area (Å²) in [5.41, 5.74) is 2.76. The Labute approximate surface area is 165 Å². The number of halogens is 1. The first-order valence-corrected chi connectivity index (χ1v) is 8.89. The van der Waals surface area contributed by atoms with Gasteiger partial charge in [-0.3, -0.25) is 4.57 Å². The summed E-state index contributed by atoms with van der Waals surface area (Å²) in [6.45, 7) is 0.895. The van der Waals surface area contributed by atoms with Crippen LogP contribution in [0.15, 0.2) is 54.7 Å². The molecule has 0 aliphatic carbocycles. The predicted molar refractivity (Wildman–Crippen MR) is 103 cm³/mol. The van der Waals surface area contributed by atoms with Crippen LogP contribution in [0.4, 0.5) is 10.2 Å². The summed E-state index contributed by atoms with van der Waals surface area (Å²) in [7, 11) is 0. The lowest BCUT2D eigenvalue weighted by molar-refractivity contribution is -0.389. The highest BCUT2D eigenvalue weighted by molar-refractivity contribution is 5.64. The zero-order chi connectivity index (χ0) is 20.2. The Morgan fingerprint density at radius 3 is 2.59 bits per heavy atom. The topological polar surface area (TPSA) is 79.4 Å². The van der Waals surface area contributed by atoms with Gasteiger partial charge in [-0.15, -0.1) is 0 Å². The molecule has 1 aromatic heterocycles. The Kier molecular flexibility index (Phi) is 5.22. The number of hydrogen-bond acceptors (Lipinski definition) is 5. The molecule has 7 nitrogen and oxygen atoms in total. The van der Waals surface area contributed by atoms with Crippen molar-refractivity contribution in [1.29, 1.82) is 0 Å². The maximum atomic E-state index is 13.0. The summed E-state index contributed by atoms with van der Waals surface area (Å²) in [5, 5.41) is 10.8. The summed E-state index contributed by atoms with van der Waals surface area (Å²) in [4.78, 5) is 14.0. The number of fused-ring (bicyclic) bond motifs is 1. The number of aromatic nitrogens is 2. The number of imidazole rings is 1. The molecule has 0 fully saturated rings. The normalized spacial score (nSPS) is 15.0. The summed E-state index contributed by atoms with van der Waals surface area (Å²) in [5.74, 6) is 5.47. The van der Waals surface area contributed by atoms with Gasteiger partial charge in [0, 0.05) is 10.5 Å². The quantitative estimate of drug-likeness (QED) is 0.386. The molecular weight excluding hydrogens is 377 g/mol. The zero-order valence-electron chi connectivity index (χ0n) is 15.2. The van der Waals surface area contributed by atoms with Crippen LogP contribution in [0, 0.1) is 27.8 Å². The molecule has 3 aromatic rings. The Balaban J connectivity index is 1.31. The number of ether oxygens (including phenoxy) is 2. The lowest BCUT2D eigenvalue weighted by atomic mass is 10.0. The van der Waals surface area contributed by atoms with Gasteiger partial charge < -0.3 is 19.6 Å². The first-order valence-electron chi connectivity index (χ1n) is 8.89. The molecule has 4 rings (SSSR count). The van der Waals surface area contributed by atoms with Crippen LogP contribution in [0.2, 0.25) is 0 Å². The minimum absolute atomic E-state index is 0.208. The van der Waals surface area contributed by atoms with Crippen molar-refractivity contribution in [3.05, 3.63) is 76.2 Å². The van der Waals surface area contributed by atoms with Crippen LogP contribution in [0.1, 0.15) is 5.56 Å². The van der Waals surface area contributed by atoms with E-state index in [4.69, 9.17) is 9.47 Å². The van der Waals surface area contributed by atoms with Crippen LogP contribution in [-0.4, -0.2) is 33.8 Å². The fourth-order valence-electron chi connectivity index (χ4n) is 2.95. The standard InChI is InChI=1S/C21H16FN3O4/c22-18-9-7-17(8-10-18)16-5-3-15(4-6-16)2-1-11-28-19-12-24-13-20(25(26)27)23-21(24)29-14-19/h3-10,13,19H,11-12,14H2/t19-/m0/s1. The number of rotatable bonds is 4. The lowest BCUT2D eigenvalue weighted by Crippen LogP contribution is -2.32. The van der Waals surface area contributed by atoms with Gasteiger partial charge in [-0.05, 0) is 40.3 Å². The molecule has 1 atom stereocenters. The minimum Gasteiger partial charge on any atom is -0.443 e. The number of benzene rings is 2. The van der Waals surface area contributed by atoms with E-state index in [1.54, 1.807) is 16.7 Å². The fourth-order valence-corrected chi connectivity index (χ4v) is 2.95. The van der Waals surface area contributed by atoms with Crippen molar-refractivity contribution in [1.82, 2.24) is 9.55 Å². The third-order valence-corrected chi connectivity index (χ3v) is 4.40. The van der Waals surface area contributed by atoms with E-state index in [9.17, 15) is 14.5 Å². The number of nitrogens with zero attached hydrogens (tertiary/aromatic N) is 3. The van der Waals surface area contributed by atoms with Gasteiger partial charge in [0.15, 0.2) is 0 Å². The van der Waals surface area contributed by atoms with Crippen molar-refractivity contribution in [3.63, 3.8) is 0 Å². The van der Waals surface area contributed by atoms with Gasteiger partial charge in [0.2, 0.25) is 0 Å². The van der Waals surface area contributed by atoms with Crippen LogP contribution in [0.3, 0.4) is 0 Å². The number of hydrogen-bond donors (Lipinski definition) is 0. The second-order valence-electron chi connectivity index (χ2n) is 6.42. The molecule has 0 radical (unpaired) electrons. The third-order valence-electron chi connectivity index (χ3n) is 4.40. The molecule has 0 spiro atoms. The first kappa shape index (κ1) is 18.7. The second kappa shape index (κ2) is 8.12. The predicted octanol–water partition coefficient (Wildman–Crippen LogP) is 3.43. The monoisotopic (exact) mass is 393 g/mol. The third kappa shape index (κ3) is 4.42. The van der Waals surface area contributed by atoms with Crippen LogP contribution in [0.5, 0.6) is 6.01 Å². The van der Waals surface area contributed by atoms with E-state index in [0.717, 1.165) is 16.7 Å². The first-order chi connectivity index (χ1) is 14.1. The van der Waals surface area contributed by atoms with Crippen molar-refractivity contribution < 1.29 is 18.8 Å². The Morgan fingerprint density at radius 1 is 1.21 bits per heavy atom. The highest BCUT2D eigenvalue weighted by atomic mass is 19.1. The molecule has 0 saturated carbocycles. The van der Waals surface area contributed by atoms with E-state index < -0.39 is 4.92 Å². The molecule has 29 heavy (non-hydrogen) atoms. The highest BCUT2D eigenvalue weighted by Crippen LogP contribution is 2.22. The molecular formula is C21H16FN3O4. The fraction of sp³-hybridized carbons (Fsp3) is 0.190. The van der Waals surface area contributed by atoms with Crippen molar-refractivity contribution in [3.8, 4) is 29.0 Å². The molecule has 2 heterocycles. The molecule has 1 aliphatic rings. The molecule has 0 saturated heterocycles. The van der Waals surface area contributed by atoms with Gasteiger partial charge >= 0.3 is 11.8 Å². The molecule has 146 valence electrons. The minimum atomic E-state index is -0.558. The zero-order valence-corrected chi connectivity index (χ0v) is 15.2. The molecule has 0 amide bonds. The molecule has 0 unspecified atom stereocenters. The van der Waals surface area contributed by atoms with E-state index in [1.165, 1.54) is 18.3 Å². The average Bonchev–Trinajstić information content (AvgIpc) is 3.16. The van der Waals surface area contributed by atoms with Gasteiger partial charge in [-0.2, -0.15) is 0 Å². The van der Waals surface area contributed by atoms with Gasteiger partial charge in [-0.25, -0.2) is 4.39 Å². The smallest absolute Gasteiger partial charge is 0.414 e. The van der Waals surface area contributed by atoms with Crippen LogP contribution in [0.25, 0.3) is 11.1 Å². The highest BCUT2D eigenvalue weighted by Gasteiger charge is 2.27. The average molecular weight is 393 g/mol. The van der Waals surface area contributed by atoms with Crippen LogP contribution < -0.4 is 4.74 Å². The molecule has 2 aromatic carbocycles. The second-order valence-corrected chi connectivity index (χ2v) is 6.42. The van der Waals surface area contributed by atoms with Crippen molar-refractivity contribution in [2.75, 3.05) is 13.2 Å². The summed E-state index contributed by atoms with van der Waals surface area (Å²) < 4.78 is 25.7. The van der Waals surface area contributed by atoms with Crippen LogP contribution >= 0.6 is 0 Å². The van der Waals surface area contributed by atoms with Crippen molar-refractivity contribution in [2.45, 2.75) is 12.6 Å². The molecule has 0 bridgehead atoms. The van der Waals surface area contributed by atoms with Crippen molar-refractivity contribution in [2.24, 2.45) is 0 Å². The van der Waals surface area contributed by atoms with Gasteiger partial charge in [-0.1, -0.05) is 36.1 Å². The maximum Gasteiger partial charge on any atom is 0.414 e. The van der Waals surface area contributed by atoms with Crippen LogP contribution in [-0.2, 0) is 11.3 Å². The van der Waals surface area contributed by atoms with Gasteiger partial charge in [0.25, 0.3) is 0 Å². The summed E-state index contributed by atoms with van der Waals surface area (Å²) in [6, 6.07) is 14.2. The Bertz CT molecular complexity index is 1080. The van der Waals surface area contributed by atoms with E-state index in [-0.39, 0.29) is 37.0 Å². The van der Waals surface area contributed by atoms with Gasteiger partial charge in [0.1, 0.15) is 31.3 Å². The maximum absolute atomic E-state index is 13.0. The van der Waals surface area contributed by atoms with Gasteiger partial charge in [0.05, 0.1) is 6.54 Å². The Morgan fingerprint density at radius 2 is 1.90 bits per heavy atom. The summed E-state index contributed by atoms with van der Waals surface area (Å²) >= 11 is 0. The summed E-state index contributed by atoms with van der Waals surface area (Å²) in [6.07, 6.45) is 1.07.